The minimum Gasteiger partial charge on any atom is -0.379 e. The van der Waals surface area contributed by atoms with Crippen LogP contribution in [0, 0.1) is 6.92 Å². The zero-order valence-corrected chi connectivity index (χ0v) is 13.1. The van der Waals surface area contributed by atoms with Crippen molar-refractivity contribution >= 4 is 27.9 Å². The second kappa shape index (κ2) is 4.87. The van der Waals surface area contributed by atoms with Crippen LogP contribution in [-0.2, 0) is 0 Å². The Morgan fingerprint density at radius 3 is 2.88 bits per heavy atom. The minimum atomic E-state index is 0.183. The second-order valence-electron chi connectivity index (χ2n) is 5.66. The molecule has 5 aromatic rings. The number of anilines is 1. The van der Waals surface area contributed by atoms with E-state index in [1.165, 1.54) is 0 Å². The lowest BCUT2D eigenvalue weighted by atomic mass is 10.2. The number of hydrogen-bond donors (Lipinski definition) is 2. The molecule has 0 bridgehead atoms. The molecule has 0 aliphatic carbocycles. The predicted octanol–water partition coefficient (Wildman–Crippen LogP) is 2.24. The van der Waals surface area contributed by atoms with Crippen molar-refractivity contribution in [3.63, 3.8) is 0 Å². The smallest absolute Gasteiger partial charge is 0.199 e. The Morgan fingerprint density at radius 2 is 2.04 bits per heavy atom. The summed E-state index contributed by atoms with van der Waals surface area (Å²) in [5.41, 5.74) is 10.6. The number of nitrogens with one attached hydrogen (secondary N) is 1. The molecule has 1 aromatic carbocycles. The van der Waals surface area contributed by atoms with Crippen molar-refractivity contribution in [2.75, 3.05) is 5.73 Å². The van der Waals surface area contributed by atoms with Crippen LogP contribution in [0.5, 0.6) is 0 Å². The molecule has 0 spiro atoms. The summed E-state index contributed by atoms with van der Waals surface area (Å²) < 4.78 is 6.70. The highest BCUT2D eigenvalue weighted by molar-refractivity contribution is 5.85. The van der Waals surface area contributed by atoms with E-state index in [2.05, 4.69) is 30.2 Å². The number of imidazole rings is 2. The Morgan fingerprint density at radius 1 is 1.12 bits per heavy atom. The SMILES string of the molecule is Cc1nc2ccc(-n3c(-c4nonc4N)nc4cnccc43)cc2[nH]1. The van der Waals surface area contributed by atoms with Crippen LogP contribution in [0.25, 0.3) is 39.3 Å². The van der Waals surface area contributed by atoms with Crippen molar-refractivity contribution in [2.45, 2.75) is 6.92 Å². The summed E-state index contributed by atoms with van der Waals surface area (Å²) in [6.07, 6.45) is 3.41. The summed E-state index contributed by atoms with van der Waals surface area (Å²) in [6, 6.07) is 7.81. The molecule has 9 nitrogen and oxygen atoms in total. The quantitative estimate of drug-likeness (QED) is 0.508. The Bertz CT molecular complexity index is 1230. The molecule has 0 aliphatic rings. The number of benzene rings is 1. The summed E-state index contributed by atoms with van der Waals surface area (Å²) in [5, 5.41) is 7.56. The summed E-state index contributed by atoms with van der Waals surface area (Å²) in [7, 11) is 0. The van der Waals surface area contributed by atoms with E-state index < -0.39 is 0 Å². The van der Waals surface area contributed by atoms with Gasteiger partial charge >= 0.3 is 0 Å². The Balaban J connectivity index is 1.85. The maximum atomic E-state index is 5.88. The third-order valence-corrected chi connectivity index (χ3v) is 4.02. The molecule has 0 saturated heterocycles. The minimum absolute atomic E-state index is 0.183. The van der Waals surface area contributed by atoms with E-state index in [4.69, 9.17) is 10.4 Å². The lowest BCUT2D eigenvalue weighted by Gasteiger charge is -2.08. The number of nitrogens with zero attached hydrogens (tertiary/aromatic N) is 6. The normalized spacial score (nSPS) is 11.6. The highest BCUT2D eigenvalue weighted by Crippen LogP contribution is 2.30. The number of nitrogens with two attached hydrogens (primary N) is 1. The number of fused-ring (bicyclic) bond motifs is 2. The zero-order valence-electron chi connectivity index (χ0n) is 13.1. The molecule has 4 heterocycles. The summed E-state index contributed by atoms with van der Waals surface area (Å²) in [5.74, 6) is 1.58. The van der Waals surface area contributed by atoms with Crippen LogP contribution >= 0.6 is 0 Å². The molecule has 0 atom stereocenters. The molecule has 4 aromatic heterocycles. The van der Waals surface area contributed by atoms with Gasteiger partial charge in [0.05, 0.1) is 22.7 Å². The fourth-order valence-electron chi connectivity index (χ4n) is 2.97. The number of pyridine rings is 1. The van der Waals surface area contributed by atoms with Gasteiger partial charge in [0.2, 0.25) is 0 Å². The van der Waals surface area contributed by atoms with Crippen molar-refractivity contribution in [1.82, 2.24) is 34.8 Å². The van der Waals surface area contributed by atoms with Gasteiger partial charge in [-0.1, -0.05) is 0 Å². The number of aromatic amines is 1. The van der Waals surface area contributed by atoms with Crippen LogP contribution in [0.4, 0.5) is 5.82 Å². The van der Waals surface area contributed by atoms with E-state index in [0.29, 0.717) is 11.5 Å². The molecule has 0 saturated carbocycles. The van der Waals surface area contributed by atoms with Gasteiger partial charge in [-0.15, -0.1) is 0 Å². The molecule has 0 unspecified atom stereocenters. The van der Waals surface area contributed by atoms with Gasteiger partial charge < -0.3 is 10.7 Å². The number of rotatable bonds is 2. The number of hydrogen-bond acceptors (Lipinski definition) is 7. The lowest BCUT2D eigenvalue weighted by molar-refractivity contribution is 0.310. The van der Waals surface area contributed by atoms with Gasteiger partial charge in [-0.2, -0.15) is 0 Å². The fourth-order valence-corrected chi connectivity index (χ4v) is 2.97. The van der Waals surface area contributed by atoms with Gasteiger partial charge in [0, 0.05) is 11.9 Å². The predicted molar refractivity (Wildman–Crippen MR) is 91.0 cm³/mol. The van der Waals surface area contributed by atoms with Crippen molar-refractivity contribution in [3.8, 4) is 17.2 Å². The highest BCUT2D eigenvalue weighted by Gasteiger charge is 2.20. The molecule has 0 radical (unpaired) electrons. The van der Waals surface area contributed by atoms with Gasteiger partial charge in [0.1, 0.15) is 11.3 Å². The van der Waals surface area contributed by atoms with Crippen molar-refractivity contribution in [3.05, 3.63) is 42.5 Å². The molecule has 122 valence electrons. The number of aromatic nitrogens is 7. The molecular formula is C16H12N8O. The third-order valence-electron chi connectivity index (χ3n) is 4.02. The molecule has 3 N–H and O–H groups in total. The Hall–Kier alpha value is -3.75. The first kappa shape index (κ1) is 13.7. The molecule has 0 amide bonds. The first-order valence-electron chi connectivity index (χ1n) is 7.58. The van der Waals surface area contributed by atoms with Crippen LogP contribution in [-0.4, -0.2) is 34.8 Å². The topological polar surface area (TPSA) is 124 Å². The summed E-state index contributed by atoms with van der Waals surface area (Å²) >= 11 is 0. The monoisotopic (exact) mass is 332 g/mol. The largest absolute Gasteiger partial charge is 0.379 e. The van der Waals surface area contributed by atoms with Crippen molar-refractivity contribution in [2.24, 2.45) is 0 Å². The van der Waals surface area contributed by atoms with Gasteiger partial charge in [0.25, 0.3) is 0 Å². The van der Waals surface area contributed by atoms with E-state index in [1.807, 2.05) is 35.8 Å². The molecule has 0 fully saturated rings. The third kappa shape index (κ3) is 1.99. The first-order chi connectivity index (χ1) is 12.2. The number of nitrogen functional groups attached to an aromatic ring is 1. The Kier molecular flexibility index (Phi) is 2.66. The van der Waals surface area contributed by atoms with E-state index in [1.54, 1.807) is 12.4 Å². The average molecular weight is 332 g/mol. The summed E-state index contributed by atoms with van der Waals surface area (Å²) in [6.45, 7) is 1.92. The standard InChI is InChI=1S/C16H12N8O/c1-8-19-10-3-2-9(6-11(10)20-8)24-13-4-5-18-7-12(13)21-16(24)14-15(17)23-25-22-14/h2-7H,1H3,(H2,17,23)(H,19,20). The molecule has 0 aliphatic heterocycles. The van der Waals surface area contributed by atoms with Crippen molar-refractivity contribution in [1.29, 1.82) is 0 Å². The molecule has 9 heteroatoms. The van der Waals surface area contributed by atoms with Crippen molar-refractivity contribution < 1.29 is 4.63 Å². The van der Waals surface area contributed by atoms with E-state index in [9.17, 15) is 0 Å². The number of H-pyrrole nitrogens is 1. The summed E-state index contributed by atoms with van der Waals surface area (Å²) in [4.78, 5) is 16.4. The molecule has 25 heavy (non-hydrogen) atoms. The van der Waals surface area contributed by atoms with Crippen LogP contribution in [0.2, 0.25) is 0 Å². The average Bonchev–Trinajstić information content (AvgIpc) is 3.28. The maximum Gasteiger partial charge on any atom is 0.199 e. The van der Waals surface area contributed by atoms with Crippen LogP contribution < -0.4 is 5.73 Å². The highest BCUT2D eigenvalue weighted by atomic mass is 16.6. The van der Waals surface area contributed by atoms with Gasteiger partial charge in [-0.3, -0.25) is 9.55 Å². The fraction of sp³-hybridized carbons (Fsp3) is 0.0625. The van der Waals surface area contributed by atoms with Crippen LogP contribution in [0.1, 0.15) is 5.82 Å². The van der Waals surface area contributed by atoms with Gasteiger partial charge in [0.15, 0.2) is 17.3 Å². The van der Waals surface area contributed by atoms with E-state index in [-0.39, 0.29) is 5.82 Å². The molecule has 5 rings (SSSR count). The first-order valence-corrected chi connectivity index (χ1v) is 7.58. The number of aryl methyl sites for hydroxylation is 1. The molecular weight excluding hydrogens is 320 g/mol. The van der Waals surface area contributed by atoms with Crippen LogP contribution in [0.3, 0.4) is 0 Å². The zero-order chi connectivity index (χ0) is 17.0. The van der Waals surface area contributed by atoms with E-state index >= 15 is 0 Å². The lowest BCUT2D eigenvalue weighted by Crippen LogP contribution is -2.00. The Labute approximate surface area is 140 Å². The van der Waals surface area contributed by atoms with Crippen LogP contribution in [0.15, 0.2) is 41.3 Å². The van der Waals surface area contributed by atoms with Gasteiger partial charge in [-0.25, -0.2) is 14.6 Å². The second-order valence-corrected chi connectivity index (χ2v) is 5.66. The van der Waals surface area contributed by atoms with E-state index in [0.717, 1.165) is 33.6 Å². The maximum absolute atomic E-state index is 5.88. The van der Waals surface area contributed by atoms with Gasteiger partial charge in [-0.05, 0) is 41.5 Å².